The van der Waals surface area contributed by atoms with Crippen LogP contribution in [-0.4, -0.2) is 69.5 Å². The lowest BCUT2D eigenvalue weighted by Gasteiger charge is -2.28. The van der Waals surface area contributed by atoms with E-state index in [2.05, 4.69) is 15.4 Å². The third-order valence-electron chi connectivity index (χ3n) is 8.32. The highest BCUT2D eigenvalue weighted by Crippen LogP contribution is 2.30. The van der Waals surface area contributed by atoms with Crippen molar-refractivity contribution >= 4 is 35.5 Å². The highest BCUT2D eigenvalue weighted by Gasteiger charge is 2.36. The van der Waals surface area contributed by atoms with E-state index in [1.165, 1.54) is 0 Å². The van der Waals surface area contributed by atoms with Crippen molar-refractivity contribution in [2.45, 2.75) is 111 Å². The number of ether oxygens (including phenoxy) is 2. The fourth-order valence-corrected chi connectivity index (χ4v) is 5.80. The number of alkyl carbamates (subject to hydrolysis) is 1. The van der Waals surface area contributed by atoms with E-state index in [1.807, 2.05) is 0 Å². The SMILES string of the molecule is CC(C)CC(CC(=O)C(O)C(Cc1ccccc1)NC(=O)OC(C)(C)C)C(=O)CC(CC(C)C)C(=O)NC(CC(=O)Oc1c(F)c(F)c(F)c(F)c1F)C(=O)O. The van der Waals surface area contributed by atoms with Gasteiger partial charge in [0, 0.05) is 24.7 Å². The largest absolute Gasteiger partial charge is 0.480 e. The Balaban J connectivity index is 2.27. The average Bonchev–Trinajstić information content (AvgIpc) is 3.09. The van der Waals surface area contributed by atoms with Gasteiger partial charge in [-0.05, 0) is 57.4 Å². The summed E-state index contributed by atoms with van der Waals surface area (Å²) in [6, 6.07) is 5.43. The van der Waals surface area contributed by atoms with Crippen molar-refractivity contribution in [1.82, 2.24) is 10.6 Å². The van der Waals surface area contributed by atoms with Gasteiger partial charge in [-0.2, -0.15) is 8.78 Å². The smallest absolute Gasteiger partial charge is 0.407 e. The quantitative estimate of drug-likeness (QED) is 0.0408. The first kappa shape index (κ1) is 47.2. The van der Waals surface area contributed by atoms with Crippen LogP contribution in [0.5, 0.6) is 5.75 Å². The van der Waals surface area contributed by atoms with Gasteiger partial charge < -0.3 is 30.3 Å². The van der Waals surface area contributed by atoms with Crippen molar-refractivity contribution in [2.75, 3.05) is 0 Å². The predicted molar refractivity (Wildman–Crippen MR) is 190 cm³/mol. The maximum Gasteiger partial charge on any atom is 0.407 e. The molecule has 2 aromatic carbocycles. The maximum absolute atomic E-state index is 14.0. The van der Waals surface area contributed by atoms with Gasteiger partial charge in [-0.25, -0.2) is 22.8 Å². The lowest BCUT2D eigenvalue weighted by Crippen LogP contribution is -2.50. The molecule has 5 atom stereocenters. The summed E-state index contributed by atoms with van der Waals surface area (Å²) in [6.45, 7) is 11.9. The molecule has 0 fully saturated rings. The van der Waals surface area contributed by atoms with Crippen molar-refractivity contribution in [2.24, 2.45) is 23.7 Å². The monoisotopic (exact) mass is 800 g/mol. The van der Waals surface area contributed by atoms with Crippen LogP contribution in [0.2, 0.25) is 0 Å². The molecule has 0 radical (unpaired) electrons. The lowest BCUT2D eigenvalue weighted by atomic mass is 9.81. The van der Waals surface area contributed by atoms with E-state index in [0.717, 1.165) is 0 Å². The molecule has 0 aliphatic rings. The van der Waals surface area contributed by atoms with Crippen molar-refractivity contribution < 1.29 is 70.4 Å². The summed E-state index contributed by atoms with van der Waals surface area (Å²) in [4.78, 5) is 78.0. The number of ketones is 2. The van der Waals surface area contributed by atoms with Crippen LogP contribution < -0.4 is 15.4 Å². The lowest BCUT2D eigenvalue weighted by molar-refractivity contribution is -0.147. The number of esters is 1. The summed E-state index contributed by atoms with van der Waals surface area (Å²) < 4.78 is 78.2. The van der Waals surface area contributed by atoms with Crippen LogP contribution in [0.15, 0.2) is 30.3 Å². The Kier molecular flexibility index (Phi) is 17.6. The minimum Gasteiger partial charge on any atom is -0.480 e. The molecule has 2 amide bonds. The topological polar surface area (TPSA) is 185 Å². The van der Waals surface area contributed by atoms with E-state index < -0.39 is 125 Å². The van der Waals surface area contributed by atoms with Crippen LogP contribution in [0.25, 0.3) is 0 Å². The third-order valence-corrected chi connectivity index (χ3v) is 8.32. The number of halogens is 5. The Bertz CT molecular complexity index is 1700. The molecule has 56 heavy (non-hydrogen) atoms. The van der Waals surface area contributed by atoms with Crippen molar-refractivity contribution in [3.05, 3.63) is 65.0 Å². The van der Waals surface area contributed by atoms with Crippen LogP contribution in [0, 0.1) is 52.8 Å². The summed E-state index contributed by atoms with van der Waals surface area (Å²) >= 11 is 0. The minimum atomic E-state index is -2.51. The molecule has 0 heterocycles. The van der Waals surface area contributed by atoms with Gasteiger partial charge in [0.05, 0.1) is 12.5 Å². The standard InChI is InChI=1S/C39H49F5N2O10/c1-19(2)13-22(16-27(48)34(50)24(15-21-11-9-8-10-12-21)46-38(54)56-39(5,6)7)26(47)17-23(14-20(3)4)36(51)45-25(37(52)53)18-28(49)55-35-32(43)30(41)29(40)31(42)33(35)44/h8-12,19-20,22-25,34,50H,13-18H2,1-7H3,(H,45,51)(H,46,54)(H,52,53). The fourth-order valence-electron chi connectivity index (χ4n) is 5.80. The van der Waals surface area contributed by atoms with Gasteiger partial charge in [0.25, 0.3) is 0 Å². The minimum absolute atomic E-state index is 0.0167. The molecule has 0 bridgehead atoms. The van der Waals surface area contributed by atoms with Gasteiger partial charge in [0.2, 0.25) is 40.7 Å². The van der Waals surface area contributed by atoms with Crippen molar-refractivity contribution in [1.29, 1.82) is 0 Å². The molecule has 12 nitrogen and oxygen atoms in total. The molecule has 4 N–H and O–H groups in total. The Morgan fingerprint density at radius 3 is 1.71 bits per heavy atom. The molecule has 2 aromatic rings. The summed E-state index contributed by atoms with van der Waals surface area (Å²) in [5, 5.41) is 25.6. The second-order valence-corrected chi connectivity index (χ2v) is 15.4. The first-order valence-electron chi connectivity index (χ1n) is 17.9. The zero-order valence-corrected chi connectivity index (χ0v) is 32.2. The second-order valence-electron chi connectivity index (χ2n) is 15.4. The number of benzene rings is 2. The summed E-state index contributed by atoms with van der Waals surface area (Å²) in [7, 11) is 0. The summed E-state index contributed by atoms with van der Waals surface area (Å²) in [5.74, 6) is -22.9. The van der Waals surface area contributed by atoms with Gasteiger partial charge in [0.15, 0.2) is 5.78 Å². The molecule has 0 saturated carbocycles. The number of hydrogen-bond acceptors (Lipinski definition) is 9. The Labute approximate surface area is 321 Å². The van der Waals surface area contributed by atoms with Gasteiger partial charge in [-0.1, -0.05) is 58.0 Å². The first-order chi connectivity index (χ1) is 25.9. The molecule has 0 aliphatic heterocycles. The molecular weight excluding hydrogens is 751 g/mol. The number of aliphatic hydroxyl groups is 1. The van der Waals surface area contributed by atoms with E-state index in [1.54, 1.807) is 78.8 Å². The Hall–Kier alpha value is -4.93. The zero-order valence-electron chi connectivity index (χ0n) is 32.2. The third kappa shape index (κ3) is 14.6. The molecule has 0 aromatic heterocycles. The first-order valence-corrected chi connectivity index (χ1v) is 17.9. The number of rotatable bonds is 20. The van der Waals surface area contributed by atoms with Gasteiger partial charge in [-0.15, -0.1) is 0 Å². The van der Waals surface area contributed by atoms with E-state index in [4.69, 9.17) is 4.74 Å². The van der Waals surface area contributed by atoms with Crippen LogP contribution in [0.4, 0.5) is 26.7 Å². The fraction of sp³-hybridized carbons (Fsp3) is 0.538. The highest BCUT2D eigenvalue weighted by atomic mass is 19.2. The van der Waals surface area contributed by atoms with Gasteiger partial charge in [-0.3, -0.25) is 19.2 Å². The van der Waals surface area contributed by atoms with Gasteiger partial charge >= 0.3 is 18.0 Å². The summed E-state index contributed by atoms with van der Waals surface area (Å²) in [6.07, 6.45) is -4.75. The van der Waals surface area contributed by atoms with Crippen LogP contribution in [0.1, 0.15) is 86.1 Å². The molecule has 17 heteroatoms. The number of carbonyl (C=O) groups is 6. The van der Waals surface area contributed by atoms with E-state index in [0.29, 0.717) is 5.56 Å². The number of aliphatic hydroxyl groups excluding tert-OH is 1. The average molecular weight is 801 g/mol. The van der Waals surface area contributed by atoms with Crippen molar-refractivity contribution in [3.8, 4) is 5.75 Å². The number of Topliss-reactive ketones (excluding diaryl/α,β-unsaturated/α-hetero) is 2. The van der Waals surface area contributed by atoms with Crippen LogP contribution >= 0.6 is 0 Å². The molecule has 310 valence electrons. The number of nitrogens with one attached hydrogen (secondary N) is 2. The molecule has 0 aliphatic carbocycles. The second kappa shape index (κ2) is 20.8. The molecular formula is C39H49F5N2O10. The van der Waals surface area contributed by atoms with Crippen LogP contribution in [-0.2, 0) is 35.1 Å². The number of amides is 2. The van der Waals surface area contributed by atoms with Gasteiger partial charge in [0.1, 0.15) is 23.5 Å². The number of aliphatic carboxylic acids is 1. The molecule has 5 unspecified atom stereocenters. The predicted octanol–water partition coefficient (Wildman–Crippen LogP) is 5.99. The Morgan fingerprint density at radius 2 is 1.21 bits per heavy atom. The molecule has 2 rings (SSSR count). The zero-order chi connectivity index (χ0) is 42.7. The van der Waals surface area contributed by atoms with Crippen LogP contribution in [0.3, 0.4) is 0 Å². The molecule has 0 saturated heterocycles. The Morgan fingerprint density at radius 1 is 0.714 bits per heavy atom. The number of carboxylic acids is 1. The van der Waals surface area contributed by atoms with E-state index in [9.17, 15) is 60.9 Å². The number of hydrogen-bond donors (Lipinski definition) is 4. The highest BCUT2D eigenvalue weighted by molar-refractivity contribution is 5.94. The van der Waals surface area contributed by atoms with E-state index >= 15 is 0 Å². The number of carboxylic acid groups (broad SMARTS) is 1. The maximum atomic E-state index is 14.0. The number of carbonyl (C=O) groups excluding carboxylic acids is 5. The van der Waals surface area contributed by atoms with Crippen molar-refractivity contribution in [3.63, 3.8) is 0 Å². The van der Waals surface area contributed by atoms with E-state index in [-0.39, 0.29) is 31.1 Å². The summed E-state index contributed by atoms with van der Waals surface area (Å²) in [5.41, 5.74) is -0.203. The molecule has 0 spiro atoms. The normalized spacial score (nSPS) is 14.3.